The second kappa shape index (κ2) is 12.2. The Bertz CT molecular complexity index is 2880. The van der Waals surface area contributed by atoms with E-state index in [-0.39, 0.29) is 10.8 Å². The van der Waals surface area contributed by atoms with E-state index in [9.17, 15) is 0 Å². The summed E-state index contributed by atoms with van der Waals surface area (Å²) in [5.74, 6) is 0. The molecular weight excluding hydrogens is 705 g/mol. The number of rotatable bonds is 2. The monoisotopic (exact) mass is 750 g/mol. The van der Waals surface area contributed by atoms with Crippen LogP contribution < -0.4 is 0 Å². The van der Waals surface area contributed by atoms with Gasteiger partial charge < -0.3 is 0 Å². The van der Waals surface area contributed by atoms with Gasteiger partial charge in [0, 0.05) is 15.2 Å². The highest BCUT2D eigenvalue weighted by atomic mass is 32.2. The average Bonchev–Trinajstić information content (AvgIpc) is 3.56. The van der Waals surface area contributed by atoms with Crippen LogP contribution >= 0.6 is 11.8 Å². The lowest BCUT2D eigenvalue weighted by Crippen LogP contribution is -2.27. The highest BCUT2D eigenvalue weighted by Crippen LogP contribution is 2.64. The summed E-state index contributed by atoms with van der Waals surface area (Å²) in [5.41, 5.74) is 21.1. The molecular formula is C56H46S. The van der Waals surface area contributed by atoms with Crippen LogP contribution in [0.4, 0.5) is 0 Å². The molecule has 0 bridgehead atoms. The van der Waals surface area contributed by atoms with Gasteiger partial charge in [-0.15, -0.1) is 0 Å². The second-order valence-electron chi connectivity index (χ2n) is 18.5. The van der Waals surface area contributed by atoms with Crippen LogP contribution in [0.1, 0.15) is 92.5 Å². The Kier molecular flexibility index (Phi) is 7.40. The Labute approximate surface area is 341 Å². The SMILES string of the molecule is CC(C)(C)c1ccc2c(c1)C1(c3ccccc3-c3ccc(-c4ccc(C5=CC6=C(CC=C5)Sc5cccc7cccc6c57)cc4)cc31)c1cc(C(C)(C)C)ccc1-2. The van der Waals surface area contributed by atoms with Crippen molar-refractivity contribution < 1.29 is 0 Å². The summed E-state index contributed by atoms with van der Waals surface area (Å²) >= 11 is 1.94. The Hall–Kier alpha value is -5.63. The second-order valence-corrected chi connectivity index (χ2v) is 19.6. The van der Waals surface area contributed by atoms with Gasteiger partial charge in [-0.2, -0.15) is 0 Å². The van der Waals surface area contributed by atoms with Crippen LogP contribution in [0, 0.1) is 0 Å². The predicted molar refractivity (Wildman–Crippen MR) is 244 cm³/mol. The topological polar surface area (TPSA) is 0 Å². The molecule has 57 heavy (non-hydrogen) atoms. The Morgan fingerprint density at radius 3 is 1.74 bits per heavy atom. The largest absolute Gasteiger partial charge is 0.0929 e. The number of benzene rings is 7. The molecule has 0 unspecified atom stereocenters. The summed E-state index contributed by atoms with van der Waals surface area (Å²) in [5, 5.41) is 2.69. The number of thioether (sulfide) groups is 1. The maximum Gasteiger partial charge on any atom is 0.0725 e. The molecule has 0 N–H and O–H groups in total. The van der Waals surface area contributed by atoms with Gasteiger partial charge in [0.25, 0.3) is 0 Å². The fourth-order valence-electron chi connectivity index (χ4n) is 10.1. The molecule has 3 aliphatic carbocycles. The van der Waals surface area contributed by atoms with Crippen molar-refractivity contribution in [1.29, 1.82) is 0 Å². The Morgan fingerprint density at radius 2 is 1.05 bits per heavy atom. The minimum Gasteiger partial charge on any atom is -0.0929 e. The zero-order valence-electron chi connectivity index (χ0n) is 33.6. The van der Waals surface area contributed by atoms with Crippen LogP contribution in [0.3, 0.4) is 0 Å². The molecule has 0 fully saturated rings. The van der Waals surface area contributed by atoms with Crippen molar-refractivity contribution in [1.82, 2.24) is 0 Å². The molecule has 4 aliphatic rings. The minimum absolute atomic E-state index is 0.0276. The smallest absolute Gasteiger partial charge is 0.0725 e. The van der Waals surface area contributed by atoms with Gasteiger partial charge in [-0.05, 0) is 130 Å². The molecule has 11 rings (SSSR count). The molecule has 0 saturated carbocycles. The van der Waals surface area contributed by atoms with E-state index in [1.54, 1.807) is 0 Å². The van der Waals surface area contributed by atoms with E-state index in [0.29, 0.717) is 0 Å². The van der Waals surface area contributed by atoms with E-state index in [1.165, 1.54) is 110 Å². The molecule has 1 heterocycles. The van der Waals surface area contributed by atoms with E-state index in [2.05, 4.69) is 199 Å². The van der Waals surface area contributed by atoms with Crippen molar-refractivity contribution in [3.05, 3.63) is 207 Å². The van der Waals surface area contributed by atoms with Crippen molar-refractivity contribution in [3.63, 3.8) is 0 Å². The van der Waals surface area contributed by atoms with Crippen molar-refractivity contribution >= 4 is 33.7 Å². The first-order valence-corrected chi connectivity index (χ1v) is 21.3. The summed E-state index contributed by atoms with van der Waals surface area (Å²) in [7, 11) is 0. The van der Waals surface area contributed by atoms with Gasteiger partial charge >= 0.3 is 0 Å². The third kappa shape index (κ3) is 5.08. The maximum absolute atomic E-state index is 2.54. The van der Waals surface area contributed by atoms with E-state index in [1.807, 2.05) is 11.8 Å². The molecule has 7 aromatic rings. The number of fused-ring (bicyclic) bond motifs is 11. The van der Waals surface area contributed by atoms with Gasteiger partial charge in [0.05, 0.1) is 5.41 Å². The Morgan fingerprint density at radius 1 is 0.491 bits per heavy atom. The third-order valence-electron chi connectivity index (χ3n) is 13.1. The van der Waals surface area contributed by atoms with Crippen LogP contribution in [0.25, 0.3) is 55.3 Å². The first kappa shape index (κ1) is 34.6. The average molecular weight is 751 g/mol. The number of hydrogen-bond donors (Lipinski definition) is 0. The zero-order valence-corrected chi connectivity index (χ0v) is 34.4. The molecule has 7 aromatic carbocycles. The van der Waals surface area contributed by atoms with Crippen LogP contribution in [0.15, 0.2) is 168 Å². The lowest BCUT2D eigenvalue weighted by Gasteiger charge is -2.33. The van der Waals surface area contributed by atoms with Crippen molar-refractivity contribution in [2.45, 2.75) is 69.1 Å². The normalized spacial score (nSPS) is 15.9. The first-order valence-electron chi connectivity index (χ1n) is 20.5. The molecule has 1 spiro atoms. The fraction of sp³-hybridized carbons (Fsp3) is 0.179. The van der Waals surface area contributed by atoms with Gasteiger partial charge in [0.2, 0.25) is 0 Å². The van der Waals surface area contributed by atoms with Crippen molar-refractivity contribution in [2.24, 2.45) is 0 Å². The molecule has 0 atom stereocenters. The highest BCUT2D eigenvalue weighted by molar-refractivity contribution is 8.03. The predicted octanol–water partition coefficient (Wildman–Crippen LogP) is 15.3. The van der Waals surface area contributed by atoms with E-state index >= 15 is 0 Å². The van der Waals surface area contributed by atoms with Gasteiger partial charge in [0.1, 0.15) is 0 Å². The van der Waals surface area contributed by atoms with Crippen LogP contribution in [-0.4, -0.2) is 0 Å². The van der Waals surface area contributed by atoms with Crippen LogP contribution in [-0.2, 0) is 16.2 Å². The molecule has 276 valence electrons. The summed E-state index contributed by atoms with van der Waals surface area (Å²) in [4.78, 5) is 2.79. The summed E-state index contributed by atoms with van der Waals surface area (Å²) in [6, 6.07) is 53.8. The number of allylic oxidation sites excluding steroid dienone is 6. The van der Waals surface area contributed by atoms with Gasteiger partial charge in [-0.1, -0.05) is 193 Å². The Balaban J connectivity index is 1.06. The maximum atomic E-state index is 2.54. The van der Waals surface area contributed by atoms with Crippen LogP contribution in [0.2, 0.25) is 0 Å². The minimum atomic E-state index is -0.407. The first-order chi connectivity index (χ1) is 27.5. The molecule has 0 saturated heterocycles. The summed E-state index contributed by atoms with van der Waals surface area (Å²) < 4.78 is 0. The van der Waals surface area contributed by atoms with Crippen LogP contribution in [0.5, 0.6) is 0 Å². The summed E-state index contributed by atoms with van der Waals surface area (Å²) in [6.07, 6.45) is 8.04. The lowest BCUT2D eigenvalue weighted by atomic mass is 9.68. The molecule has 0 amide bonds. The number of hydrogen-bond acceptors (Lipinski definition) is 1. The molecule has 1 aliphatic heterocycles. The highest BCUT2D eigenvalue weighted by Gasteiger charge is 2.52. The standard InChI is InChI=1S/C56H46S/c1-54(2,3)39-25-28-43-44-29-26-40(55(4,5)6)33-50(44)56(49(43)32-39)47-17-8-7-15-41(47)42-27-24-38(31-48(42)56)35-22-20-34(21-23-35)37-14-11-18-51-46(30-37)45-16-9-12-36-13-10-19-52(57-51)53(36)45/h7-17,19-33H,18H2,1-6H3. The molecule has 0 aromatic heterocycles. The fourth-order valence-corrected chi connectivity index (χ4v) is 11.3. The molecule has 0 nitrogen and oxygen atoms in total. The molecule has 1 heteroatoms. The van der Waals surface area contributed by atoms with E-state index < -0.39 is 5.41 Å². The van der Waals surface area contributed by atoms with Crippen molar-refractivity contribution in [2.75, 3.05) is 0 Å². The van der Waals surface area contributed by atoms with Gasteiger partial charge in [0.15, 0.2) is 0 Å². The third-order valence-corrected chi connectivity index (χ3v) is 14.2. The van der Waals surface area contributed by atoms with E-state index in [4.69, 9.17) is 0 Å². The van der Waals surface area contributed by atoms with Gasteiger partial charge in [-0.25, -0.2) is 0 Å². The zero-order chi connectivity index (χ0) is 38.8. The van der Waals surface area contributed by atoms with Gasteiger partial charge in [-0.3, -0.25) is 0 Å². The van der Waals surface area contributed by atoms with Crippen molar-refractivity contribution in [3.8, 4) is 33.4 Å². The summed E-state index contributed by atoms with van der Waals surface area (Å²) in [6.45, 7) is 14.0. The quantitative estimate of drug-likeness (QED) is 0.170. The molecule has 0 radical (unpaired) electrons. The van der Waals surface area contributed by atoms with E-state index in [0.717, 1.165) is 6.42 Å². The lowest BCUT2D eigenvalue weighted by molar-refractivity contribution is 0.586.